The van der Waals surface area contributed by atoms with Gasteiger partial charge in [-0.15, -0.1) is 0 Å². The molecular formula is C14H19NO2. The first-order valence-corrected chi connectivity index (χ1v) is 6.11. The van der Waals surface area contributed by atoms with Crippen LogP contribution in [0.15, 0.2) is 30.5 Å². The Labute approximate surface area is 102 Å². The molecule has 1 aromatic heterocycles. The zero-order chi connectivity index (χ0) is 12.1. The van der Waals surface area contributed by atoms with E-state index in [1.54, 1.807) is 0 Å². The van der Waals surface area contributed by atoms with Crippen molar-refractivity contribution < 1.29 is 9.84 Å². The number of aryl methyl sites for hydroxylation is 1. The molecule has 2 rings (SSSR count). The zero-order valence-electron chi connectivity index (χ0n) is 10.2. The third-order valence-corrected chi connectivity index (χ3v) is 2.91. The van der Waals surface area contributed by atoms with E-state index in [0.717, 1.165) is 31.7 Å². The van der Waals surface area contributed by atoms with Crippen LogP contribution < -0.4 is 0 Å². The molecule has 0 bridgehead atoms. The highest BCUT2D eigenvalue weighted by molar-refractivity contribution is 5.80. The fraction of sp³-hybridized carbons (Fsp3) is 0.429. The first kappa shape index (κ1) is 12.1. The minimum absolute atomic E-state index is 0.103. The van der Waals surface area contributed by atoms with Crippen LogP contribution >= 0.6 is 0 Å². The van der Waals surface area contributed by atoms with Gasteiger partial charge < -0.3 is 14.4 Å². The normalized spacial score (nSPS) is 11.2. The quantitative estimate of drug-likeness (QED) is 0.778. The highest BCUT2D eigenvalue weighted by Crippen LogP contribution is 2.18. The van der Waals surface area contributed by atoms with E-state index in [2.05, 4.69) is 22.9 Å². The number of nitrogens with zero attached hydrogens (tertiary/aromatic N) is 1. The van der Waals surface area contributed by atoms with Gasteiger partial charge >= 0.3 is 0 Å². The maximum atomic E-state index is 9.08. The van der Waals surface area contributed by atoms with Crippen LogP contribution in [0.2, 0.25) is 0 Å². The second kappa shape index (κ2) is 5.84. The van der Waals surface area contributed by atoms with Crippen LogP contribution in [0.4, 0.5) is 0 Å². The van der Waals surface area contributed by atoms with Crippen molar-refractivity contribution in [3.8, 4) is 0 Å². The Bertz CT molecular complexity index is 476. The Morgan fingerprint density at radius 1 is 1.29 bits per heavy atom. The van der Waals surface area contributed by atoms with Gasteiger partial charge in [0.05, 0.1) is 6.61 Å². The molecule has 3 heteroatoms. The second-order valence-corrected chi connectivity index (χ2v) is 4.11. The highest BCUT2D eigenvalue weighted by atomic mass is 16.5. The Morgan fingerprint density at radius 2 is 2.18 bits per heavy atom. The van der Waals surface area contributed by atoms with E-state index >= 15 is 0 Å². The van der Waals surface area contributed by atoms with E-state index in [0.29, 0.717) is 0 Å². The monoisotopic (exact) mass is 233 g/mol. The summed E-state index contributed by atoms with van der Waals surface area (Å²) in [5.41, 5.74) is 2.18. The topological polar surface area (TPSA) is 34.4 Å². The molecule has 1 N–H and O–H groups in total. The summed E-state index contributed by atoms with van der Waals surface area (Å²) in [5, 5.41) is 10.3. The lowest BCUT2D eigenvalue weighted by Crippen LogP contribution is -2.01. The summed E-state index contributed by atoms with van der Waals surface area (Å²) in [6.45, 7) is 4.69. The van der Waals surface area contributed by atoms with Crippen molar-refractivity contribution in [3.05, 3.63) is 36.0 Å². The van der Waals surface area contributed by atoms with E-state index < -0.39 is 0 Å². The predicted molar refractivity (Wildman–Crippen MR) is 69.0 cm³/mol. The number of rotatable bonds is 6. The van der Waals surface area contributed by atoms with Crippen molar-refractivity contribution in [1.29, 1.82) is 0 Å². The van der Waals surface area contributed by atoms with Gasteiger partial charge in [-0.05, 0) is 42.5 Å². The molecule has 1 heterocycles. The van der Waals surface area contributed by atoms with Crippen molar-refractivity contribution in [1.82, 2.24) is 4.57 Å². The standard InChI is InChI=1S/C14H19NO2/c1-2-17-9-3-7-15-8-6-13-10-12(11-16)4-5-14(13)15/h4-6,8,10,16H,2-3,7,9,11H2,1H3. The fourth-order valence-corrected chi connectivity index (χ4v) is 2.02. The van der Waals surface area contributed by atoms with E-state index in [1.165, 1.54) is 10.9 Å². The molecule has 1 aromatic carbocycles. The van der Waals surface area contributed by atoms with Crippen molar-refractivity contribution in [2.24, 2.45) is 0 Å². The minimum Gasteiger partial charge on any atom is -0.392 e. The molecule has 92 valence electrons. The molecule has 0 aliphatic carbocycles. The first-order valence-electron chi connectivity index (χ1n) is 6.11. The van der Waals surface area contributed by atoms with Gasteiger partial charge in [-0.3, -0.25) is 0 Å². The van der Waals surface area contributed by atoms with Gasteiger partial charge in [0.1, 0.15) is 0 Å². The summed E-state index contributed by atoms with van der Waals surface area (Å²) in [7, 11) is 0. The molecule has 0 spiro atoms. The second-order valence-electron chi connectivity index (χ2n) is 4.11. The average molecular weight is 233 g/mol. The molecular weight excluding hydrogens is 214 g/mol. The van der Waals surface area contributed by atoms with E-state index in [-0.39, 0.29) is 6.61 Å². The van der Waals surface area contributed by atoms with E-state index in [9.17, 15) is 0 Å². The molecule has 3 nitrogen and oxygen atoms in total. The number of ether oxygens (including phenoxy) is 1. The lowest BCUT2D eigenvalue weighted by atomic mass is 10.2. The molecule has 0 radical (unpaired) electrons. The minimum atomic E-state index is 0.103. The van der Waals surface area contributed by atoms with Crippen LogP contribution in [0, 0.1) is 0 Å². The van der Waals surface area contributed by atoms with Gasteiger partial charge in [0.25, 0.3) is 0 Å². The largest absolute Gasteiger partial charge is 0.392 e. The molecule has 2 aromatic rings. The maximum absolute atomic E-state index is 9.08. The van der Waals surface area contributed by atoms with Gasteiger partial charge in [-0.25, -0.2) is 0 Å². The molecule has 0 fully saturated rings. The van der Waals surface area contributed by atoms with Gasteiger partial charge in [-0.1, -0.05) is 6.07 Å². The number of fused-ring (bicyclic) bond motifs is 1. The van der Waals surface area contributed by atoms with Crippen LogP contribution in [-0.2, 0) is 17.9 Å². The highest BCUT2D eigenvalue weighted by Gasteiger charge is 2.01. The summed E-state index contributed by atoms with van der Waals surface area (Å²) in [6, 6.07) is 8.17. The fourth-order valence-electron chi connectivity index (χ4n) is 2.02. The van der Waals surface area contributed by atoms with Crippen molar-refractivity contribution in [2.45, 2.75) is 26.5 Å². The Morgan fingerprint density at radius 3 is 2.94 bits per heavy atom. The molecule has 0 unspecified atom stereocenters. The van der Waals surface area contributed by atoms with Gasteiger partial charge in [0.2, 0.25) is 0 Å². The smallest absolute Gasteiger partial charge is 0.0682 e. The van der Waals surface area contributed by atoms with E-state index in [4.69, 9.17) is 9.84 Å². The van der Waals surface area contributed by atoms with Crippen LogP contribution in [0.1, 0.15) is 18.9 Å². The van der Waals surface area contributed by atoms with Gasteiger partial charge in [0, 0.05) is 31.5 Å². The number of aliphatic hydroxyl groups is 1. The molecule has 0 atom stereocenters. The maximum Gasteiger partial charge on any atom is 0.0682 e. The SMILES string of the molecule is CCOCCCn1ccc2cc(CO)ccc21. The van der Waals surface area contributed by atoms with E-state index in [1.807, 2.05) is 19.1 Å². The zero-order valence-corrected chi connectivity index (χ0v) is 10.2. The number of hydrogen-bond donors (Lipinski definition) is 1. The molecule has 0 aliphatic rings. The summed E-state index contributed by atoms with van der Waals surface area (Å²) < 4.78 is 7.57. The first-order chi connectivity index (χ1) is 8.35. The lowest BCUT2D eigenvalue weighted by molar-refractivity contribution is 0.142. The summed E-state index contributed by atoms with van der Waals surface area (Å²) in [4.78, 5) is 0. The van der Waals surface area contributed by atoms with Crippen LogP contribution in [-0.4, -0.2) is 22.9 Å². The van der Waals surface area contributed by atoms with Gasteiger partial charge in [-0.2, -0.15) is 0 Å². The van der Waals surface area contributed by atoms with Crippen molar-refractivity contribution in [3.63, 3.8) is 0 Å². The van der Waals surface area contributed by atoms with Crippen molar-refractivity contribution in [2.75, 3.05) is 13.2 Å². The Hall–Kier alpha value is -1.32. The van der Waals surface area contributed by atoms with Crippen LogP contribution in [0.3, 0.4) is 0 Å². The summed E-state index contributed by atoms with van der Waals surface area (Å²) in [6.07, 6.45) is 3.12. The van der Waals surface area contributed by atoms with Crippen LogP contribution in [0.5, 0.6) is 0 Å². The Kier molecular flexibility index (Phi) is 4.18. The third-order valence-electron chi connectivity index (χ3n) is 2.91. The van der Waals surface area contributed by atoms with Crippen LogP contribution in [0.25, 0.3) is 10.9 Å². The summed E-state index contributed by atoms with van der Waals surface area (Å²) in [5.74, 6) is 0. The molecule has 0 saturated heterocycles. The molecule has 0 amide bonds. The number of hydrogen-bond acceptors (Lipinski definition) is 2. The van der Waals surface area contributed by atoms with Gasteiger partial charge in [0.15, 0.2) is 0 Å². The molecule has 0 saturated carbocycles. The Balaban J connectivity index is 2.08. The number of aromatic nitrogens is 1. The molecule has 0 aliphatic heterocycles. The number of benzene rings is 1. The summed E-state index contributed by atoms with van der Waals surface area (Å²) >= 11 is 0. The average Bonchev–Trinajstić information content (AvgIpc) is 2.77. The number of aliphatic hydroxyl groups excluding tert-OH is 1. The molecule has 17 heavy (non-hydrogen) atoms. The third kappa shape index (κ3) is 2.87. The lowest BCUT2D eigenvalue weighted by Gasteiger charge is -2.06. The predicted octanol–water partition coefficient (Wildman–Crippen LogP) is 2.56. The van der Waals surface area contributed by atoms with Crippen molar-refractivity contribution >= 4 is 10.9 Å².